The molecule has 0 bridgehead atoms. The summed E-state index contributed by atoms with van der Waals surface area (Å²) in [4.78, 5) is 10.7. The van der Waals surface area contributed by atoms with Gasteiger partial charge in [0.2, 0.25) is 0 Å². The normalized spacial score (nSPS) is 29.2. The van der Waals surface area contributed by atoms with Crippen LogP contribution in [0.4, 0.5) is 0 Å². The molecule has 0 aromatic rings. The Morgan fingerprint density at radius 1 is 0.769 bits per heavy atom. The molecule has 2 rings (SSSR count). The third-order valence-corrected chi connectivity index (χ3v) is 5.41. The van der Waals surface area contributed by atoms with Crippen molar-refractivity contribution in [2.24, 2.45) is 11.8 Å². The Hall–Kier alpha value is -1.07. The van der Waals surface area contributed by atoms with Gasteiger partial charge in [0.1, 0.15) is 0 Å². The van der Waals surface area contributed by atoms with E-state index in [2.05, 4.69) is 44.9 Å². The molecule has 0 aromatic carbocycles. The van der Waals surface area contributed by atoms with Gasteiger partial charge in [-0.1, -0.05) is 34.3 Å². The fourth-order valence-corrected chi connectivity index (χ4v) is 4.04. The molecule has 26 heavy (non-hydrogen) atoms. The largest absolute Gasteiger partial charge is 0.513 e. The molecule has 2 saturated carbocycles. The van der Waals surface area contributed by atoms with E-state index in [0.29, 0.717) is 35.8 Å². The van der Waals surface area contributed by atoms with Gasteiger partial charge in [-0.15, -0.1) is 0 Å². The Kier molecular flexibility index (Phi) is 10.3. The van der Waals surface area contributed by atoms with Crippen molar-refractivity contribution in [3.63, 3.8) is 0 Å². The number of allylic oxidation sites excluding steroid dienone is 1. The maximum absolute atomic E-state index is 10.7. The Balaban J connectivity index is 0.000000260. The highest BCUT2D eigenvalue weighted by atomic mass is 16.4. The molecule has 0 amide bonds. The van der Waals surface area contributed by atoms with Crippen LogP contribution in [0.2, 0.25) is 0 Å². The first kappa shape index (κ1) is 23.0. The van der Waals surface area contributed by atoms with Gasteiger partial charge in [-0.25, -0.2) is 0 Å². The van der Waals surface area contributed by atoms with E-state index in [-0.39, 0.29) is 5.92 Å². The summed E-state index contributed by atoms with van der Waals surface area (Å²) in [7, 11) is 0. The van der Waals surface area contributed by atoms with Crippen molar-refractivity contribution in [2.45, 2.75) is 103 Å². The van der Waals surface area contributed by atoms with Crippen LogP contribution < -0.4 is 10.6 Å². The van der Waals surface area contributed by atoms with Crippen molar-refractivity contribution in [1.29, 1.82) is 0 Å². The van der Waals surface area contributed by atoms with Gasteiger partial charge in [0.15, 0.2) is 0 Å². The molecule has 0 aromatic heterocycles. The van der Waals surface area contributed by atoms with Crippen LogP contribution in [0.15, 0.2) is 12.3 Å². The molecule has 0 aliphatic heterocycles. The lowest BCUT2D eigenvalue weighted by Crippen LogP contribution is -2.38. The number of carboxylic acids is 1. The second-order valence-electron chi connectivity index (χ2n) is 8.57. The van der Waals surface area contributed by atoms with Crippen molar-refractivity contribution < 1.29 is 15.0 Å². The highest BCUT2D eigenvalue weighted by Crippen LogP contribution is 2.28. The first-order valence-electron chi connectivity index (χ1n) is 10.3. The molecular formula is C21H40N2O3. The van der Waals surface area contributed by atoms with Crippen molar-refractivity contribution in [3.05, 3.63) is 12.3 Å². The number of nitrogens with one attached hydrogen (secondary N) is 2. The molecule has 2 aliphatic rings. The second-order valence-corrected chi connectivity index (χ2v) is 8.57. The van der Waals surface area contributed by atoms with Crippen LogP contribution in [0.3, 0.4) is 0 Å². The molecule has 2 fully saturated rings. The Morgan fingerprint density at radius 3 is 1.38 bits per heavy atom. The van der Waals surface area contributed by atoms with Crippen molar-refractivity contribution >= 4 is 5.97 Å². The van der Waals surface area contributed by atoms with E-state index in [4.69, 9.17) is 5.11 Å². The van der Waals surface area contributed by atoms with Gasteiger partial charge in [-0.3, -0.25) is 4.79 Å². The molecule has 5 heteroatoms. The molecule has 0 saturated heterocycles. The fourth-order valence-electron chi connectivity index (χ4n) is 4.04. The first-order chi connectivity index (χ1) is 12.2. The van der Waals surface area contributed by atoms with Crippen LogP contribution in [0.25, 0.3) is 0 Å². The molecule has 2 aliphatic carbocycles. The quantitative estimate of drug-likeness (QED) is 0.527. The standard InChI is InChI=1S/C11H21NO.C10H19NO2/c1-8(2)12-11-6-4-10(5-7-11)9(3)13;1-7(2)11-9-5-3-8(4-6-9)10(12)13/h8,10-13H,3-7H2,1-2H3;7-9,11H,3-6H2,1-2H3,(H,12,13). The number of rotatable bonds is 6. The molecule has 0 radical (unpaired) electrons. The number of hydrogen-bond donors (Lipinski definition) is 4. The van der Waals surface area contributed by atoms with Crippen molar-refractivity contribution in [3.8, 4) is 0 Å². The van der Waals surface area contributed by atoms with Gasteiger partial charge >= 0.3 is 5.97 Å². The van der Waals surface area contributed by atoms with E-state index in [0.717, 1.165) is 38.5 Å². The number of aliphatic hydroxyl groups excluding tert-OH is 1. The Bertz CT molecular complexity index is 381. The van der Waals surface area contributed by atoms with Crippen molar-refractivity contribution in [1.82, 2.24) is 10.6 Å². The summed E-state index contributed by atoms with van der Waals surface area (Å²) in [5.41, 5.74) is 0. The van der Waals surface area contributed by atoms with Crippen molar-refractivity contribution in [2.75, 3.05) is 0 Å². The SMILES string of the molecule is C=C(O)C1CCC(NC(C)C)CC1.CC(C)NC1CCC(C(=O)O)CC1. The van der Waals surface area contributed by atoms with Crippen LogP contribution >= 0.6 is 0 Å². The van der Waals surface area contributed by atoms with Crippen LogP contribution in [-0.4, -0.2) is 40.3 Å². The zero-order chi connectivity index (χ0) is 19.7. The minimum atomic E-state index is -0.622. The monoisotopic (exact) mass is 368 g/mol. The third-order valence-electron chi connectivity index (χ3n) is 5.41. The fraction of sp³-hybridized carbons (Fsp3) is 0.857. The maximum Gasteiger partial charge on any atom is 0.306 e. The minimum absolute atomic E-state index is 0.0924. The van der Waals surface area contributed by atoms with E-state index >= 15 is 0 Å². The Labute approximate surface area is 159 Å². The van der Waals surface area contributed by atoms with Gasteiger partial charge in [0.25, 0.3) is 0 Å². The van der Waals surface area contributed by atoms with E-state index in [1.165, 1.54) is 12.8 Å². The summed E-state index contributed by atoms with van der Waals surface area (Å²) in [6.07, 6.45) is 8.19. The van der Waals surface area contributed by atoms with Crippen LogP contribution in [0.5, 0.6) is 0 Å². The van der Waals surface area contributed by atoms with Gasteiger partial charge in [0.05, 0.1) is 11.7 Å². The lowest BCUT2D eigenvalue weighted by atomic mass is 9.85. The van der Waals surface area contributed by atoms with Crippen LogP contribution in [0, 0.1) is 11.8 Å². The lowest BCUT2D eigenvalue weighted by molar-refractivity contribution is -0.142. The van der Waals surface area contributed by atoms with E-state index in [1.54, 1.807) is 0 Å². The molecule has 0 atom stereocenters. The molecular weight excluding hydrogens is 328 g/mol. The zero-order valence-corrected chi connectivity index (χ0v) is 17.1. The van der Waals surface area contributed by atoms with Gasteiger partial charge in [-0.2, -0.15) is 0 Å². The number of aliphatic hydroxyl groups is 1. The lowest BCUT2D eigenvalue weighted by Gasteiger charge is -2.29. The summed E-state index contributed by atoms with van der Waals surface area (Å²) >= 11 is 0. The van der Waals surface area contributed by atoms with Gasteiger partial charge in [-0.05, 0) is 51.4 Å². The summed E-state index contributed by atoms with van der Waals surface area (Å²) in [5.74, 6) is 0.0152. The third kappa shape index (κ3) is 9.04. The number of carbonyl (C=O) groups is 1. The van der Waals surface area contributed by atoms with Crippen LogP contribution in [-0.2, 0) is 4.79 Å². The predicted octanol–water partition coefficient (Wildman–Crippen LogP) is 4.24. The average Bonchev–Trinajstić information content (AvgIpc) is 2.55. The number of aliphatic carboxylic acids is 1. The zero-order valence-electron chi connectivity index (χ0n) is 17.1. The summed E-state index contributed by atoms with van der Waals surface area (Å²) in [5, 5.41) is 25.0. The highest BCUT2D eigenvalue weighted by Gasteiger charge is 2.25. The Morgan fingerprint density at radius 2 is 1.12 bits per heavy atom. The average molecular weight is 369 g/mol. The summed E-state index contributed by atoms with van der Waals surface area (Å²) < 4.78 is 0. The van der Waals surface area contributed by atoms with E-state index < -0.39 is 5.97 Å². The predicted molar refractivity (Wildman–Crippen MR) is 107 cm³/mol. The highest BCUT2D eigenvalue weighted by molar-refractivity contribution is 5.70. The van der Waals surface area contributed by atoms with Gasteiger partial charge in [0, 0.05) is 30.1 Å². The van der Waals surface area contributed by atoms with E-state index in [9.17, 15) is 9.90 Å². The maximum atomic E-state index is 10.7. The topological polar surface area (TPSA) is 81.6 Å². The minimum Gasteiger partial charge on any atom is -0.513 e. The molecule has 5 nitrogen and oxygen atoms in total. The smallest absolute Gasteiger partial charge is 0.306 e. The molecule has 0 heterocycles. The first-order valence-corrected chi connectivity index (χ1v) is 10.3. The summed E-state index contributed by atoms with van der Waals surface area (Å²) in [6.45, 7) is 12.2. The summed E-state index contributed by atoms with van der Waals surface area (Å²) in [6, 6.07) is 2.26. The molecule has 4 N–H and O–H groups in total. The van der Waals surface area contributed by atoms with E-state index in [1.807, 2.05) is 0 Å². The number of carboxylic acid groups (broad SMARTS) is 1. The number of hydrogen-bond acceptors (Lipinski definition) is 4. The second kappa shape index (κ2) is 11.6. The molecule has 0 spiro atoms. The molecule has 152 valence electrons. The van der Waals surface area contributed by atoms with Gasteiger partial charge < -0.3 is 20.8 Å². The van der Waals surface area contributed by atoms with Crippen LogP contribution in [0.1, 0.15) is 79.1 Å². The molecule has 0 unspecified atom stereocenters.